The van der Waals surface area contributed by atoms with Crippen LogP contribution in [0.5, 0.6) is 0 Å². The maximum Gasteiger partial charge on any atom is 0.413 e. The Morgan fingerprint density at radius 1 is 0.824 bits per heavy atom. The summed E-state index contributed by atoms with van der Waals surface area (Å²) in [5.41, 5.74) is -1.09. The van der Waals surface area contributed by atoms with Crippen molar-refractivity contribution in [2.45, 2.75) is 91.6 Å². The third-order valence-electron chi connectivity index (χ3n) is 3.77. The van der Waals surface area contributed by atoms with Crippen molar-refractivity contribution < 1.29 is 33.8 Å². The molecule has 2 amide bonds. The van der Waals surface area contributed by atoms with E-state index in [1.54, 1.807) is 86.6 Å². The molecule has 0 saturated heterocycles. The van der Waals surface area contributed by atoms with E-state index in [0.29, 0.717) is 11.1 Å². The first-order chi connectivity index (χ1) is 15.4. The van der Waals surface area contributed by atoms with Crippen LogP contribution in [-0.4, -0.2) is 52.0 Å². The lowest BCUT2D eigenvalue weighted by Crippen LogP contribution is -2.47. The van der Waals surface area contributed by atoms with Gasteiger partial charge in [0.2, 0.25) is 0 Å². The Morgan fingerprint density at radius 2 is 1.29 bits per heavy atom. The molecule has 0 aliphatic carbocycles. The lowest BCUT2D eigenvalue weighted by molar-refractivity contribution is -0.157. The summed E-state index contributed by atoms with van der Waals surface area (Å²) in [7, 11) is 0. The van der Waals surface area contributed by atoms with Gasteiger partial charge in [0.1, 0.15) is 22.8 Å². The molecule has 1 atom stereocenters. The van der Waals surface area contributed by atoms with Gasteiger partial charge >= 0.3 is 18.2 Å². The van der Waals surface area contributed by atoms with Gasteiger partial charge in [0, 0.05) is 12.0 Å². The average Bonchev–Trinajstić information content (AvgIpc) is 2.62. The predicted molar refractivity (Wildman–Crippen MR) is 127 cm³/mol. The number of carbonyl (C=O) groups excluding carboxylic acids is 3. The highest BCUT2D eigenvalue weighted by molar-refractivity contribution is 6.06. The minimum absolute atomic E-state index is 0.101. The van der Waals surface area contributed by atoms with E-state index in [0.717, 1.165) is 0 Å². The highest BCUT2D eigenvalue weighted by atomic mass is 16.6. The van der Waals surface area contributed by atoms with Gasteiger partial charge in [0.15, 0.2) is 5.84 Å². The summed E-state index contributed by atoms with van der Waals surface area (Å²) in [6.07, 6.45) is -1.38. The van der Waals surface area contributed by atoms with Gasteiger partial charge in [-0.2, -0.15) is 0 Å². The molecule has 1 rings (SSSR count). The Labute approximate surface area is 201 Å². The Balaban J connectivity index is 3.00. The maximum absolute atomic E-state index is 12.7. The standard InChI is InChI=1S/C24H37N3O7/c1-22(2,3)32-19(28)17(25-20(29)33-23(4,5)6)14-15-10-12-16(13-11-15)18(27-31)26-21(30)34-24(7,8)9/h10-13,17,31H,14H2,1-9H3,(H,25,29)(H,26,27,30)/t17-/m0/s1. The van der Waals surface area contributed by atoms with Gasteiger partial charge < -0.3 is 24.7 Å². The molecule has 0 heterocycles. The average molecular weight is 480 g/mol. The minimum atomic E-state index is -0.995. The van der Waals surface area contributed by atoms with Gasteiger partial charge in [-0.1, -0.05) is 29.4 Å². The topological polar surface area (TPSA) is 136 Å². The summed E-state index contributed by atoms with van der Waals surface area (Å²) in [6.45, 7) is 15.5. The number of amidine groups is 1. The number of amides is 2. The number of carbonyl (C=O) groups is 3. The van der Waals surface area contributed by atoms with Gasteiger partial charge in [0.25, 0.3) is 0 Å². The molecule has 0 aromatic heterocycles. The number of esters is 1. The second-order valence-electron chi connectivity index (χ2n) is 10.7. The van der Waals surface area contributed by atoms with E-state index < -0.39 is 41.0 Å². The Kier molecular flexibility index (Phi) is 9.48. The number of ether oxygens (including phenoxy) is 3. The normalized spacial score (nSPS) is 13.5. The molecule has 1 aromatic carbocycles. The van der Waals surface area contributed by atoms with Crippen LogP contribution >= 0.6 is 0 Å². The molecule has 0 unspecified atom stereocenters. The minimum Gasteiger partial charge on any atom is -0.458 e. The second kappa shape index (κ2) is 11.2. The van der Waals surface area contributed by atoms with Crippen molar-refractivity contribution in [1.82, 2.24) is 10.6 Å². The van der Waals surface area contributed by atoms with Crippen molar-refractivity contribution in [3.63, 3.8) is 0 Å². The second-order valence-corrected chi connectivity index (χ2v) is 10.7. The molecule has 1 aromatic rings. The summed E-state index contributed by atoms with van der Waals surface area (Å²) in [4.78, 5) is 37.0. The first kappa shape index (κ1) is 28.7. The molecule has 0 fully saturated rings. The van der Waals surface area contributed by atoms with E-state index >= 15 is 0 Å². The fraction of sp³-hybridized carbons (Fsp3) is 0.583. The maximum atomic E-state index is 12.7. The van der Waals surface area contributed by atoms with Crippen molar-refractivity contribution in [1.29, 1.82) is 0 Å². The lowest BCUT2D eigenvalue weighted by Gasteiger charge is -2.26. The summed E-state index contributed by atoms with van der Waals surface area (Å²) >= 11 is 0. The summed E-state index contributed by atoms with van der Waals surface area (Å²) in [6, 6.07) is 5.55. The fourth-order valence-electron chi connectivity index (χ4n) is 2.61. The van der Waals surface area contributed by atoms with Crippen LogP contribution in [0.15, 0.2) is 29.4 Å². The van der Waals surface area contributed by atoms with Gasteiger partial charge in [-0.25, -0.2) is 14.4 Å². The van der Waals surface area contributed by atoms with E-state index in [1.807, 2.05) is 0 Å². The Hall–Kier alpha value is -3.30. The summed E-state index contributed by atoms with van der Waals surface area (Å²) in [5, 5.41) is 17.4. The zero-order valence-electron chi connectivity index (χ0n) is 21.4. The van der Waals surface area contributed by atoms with E-state index in [2.05, 4.69) is 15.8 Å². The first-order valence-electron chi connectivity index (χ1n) is 10.9. The van der Waals surface area contributed by atoms with Crippen LogP contribution in [-0.2, 0) is 25.4 Å². The first-order valence-corrected chi connectivity index (χ1v) is 10.9. The van der Waals surface area contributed by atoms with Gasteiger partial charge in [0.05, 0.1) is 0 Å². The van der Waals surface area contributed by atoms with E-state index in [-0.39, 0.29) is 12.3 Å². The van der Waals surface area contributed by atoms with Gasteiger partial charge in [-0.05, 0) is 67.9 Å². The molecule has 0 aliphatic heterocycles. The van der Waals surface area contributed by atoms with Gasteiger partial charge in [-0.15, -0.1) is 0 Å². The zero-order valence-corrected chi connectivity index (χ0v) is 21.4. The Morgan fingerprint density at radius 3 is 1.74 bits per heavy atom. The molecule has 0 aliphatic rings. The van der Waals surface area contributed by atoms with E-state index in [9.17, 15) is 19.6 Å². The number of hydrogen-bond donors (Lipinski definition) is 3. The molecule has 0 radical (unpaired) electrons. The number of alkyl carbamates (subject to hydrolysis) is 2. The number of nitrogens with zero attached hydrogens (tertiary/aromatic N) is 1. The highest BCUT2D eigenvalue weighted by Crippen LogP contribution is 2.14. The van der Waals surface area contributed by atoms with Crippen LogP contribution in [0.1, 0.15) is 73.4 Å². The van der Waals surface area contributed by atoms with Crippen molar-refractivity contribution in [3.8, 4) is 0 Å². The molecule has 3 N–H and O–H groups in total. The monoisotopic (exact) mass is 479 g/mol. The molecule has 34 heavy (non-hydrogen) atoms. The van der Waals surface area contributed by atoms with Crippen molar-refractivity contribution in [2.24, 2.45) is 5.16 Å². The fourth-order valence-corrected chi connectivity index (χ4v) is 2.61. The van der Waals surface area contributed by atoms with Crippen LogP contribution in [0.2, 0.25) is 0 Å². The predicted octanol–water partition coefficient (Wildman–Crippen LogP) is 4.12. The van der Waals surface area contributed by atoms with Crippen molar-refractivity contribution in [3.05, 3.63) is 35.4 Å². The Bertz CT molecular complexity index is 889. The number of hydrogen-bond acceptors (Lipinski definition) is 8. The van der Waals surface area contributed by atoms with E-state index in [4.69, 9.17) is 14.2 Å². The third-order valence-corrected chi connectivity index (χ3v) is 3.77. The molecule has 0 saturated carbocycles. The molecule has 190 valence electrons. The molecule has 10 heteroatoms. The highest BCUT2D eigenvalue weighted by Gasteiger charge is 2.29. The SMILES string of the molecule is CC(C)(C)OC(=O)N/C(=N/O)c1ccc(C[C@H](NC(=O)OC(C)(C)C)C(=O)OC(C)(C)C)cc1. The summed E-state index contributed by atoms with van der Waals surface area (Å²) < 4.78 is 15.9. The van der Waals surface area contributed by atoms with Crippen LogP contribution in [0, 0.1) is 0 Å². The van der Waals surface area contributed by atoms with Crippen LogP contribution < -0.4 is 10.6 Å². The van der Waals surface area contributed by atoms with Crippen molar-refractivity contribution in [2.75, 3.05) is 0 Å². The molecule has 0 spiro atoms. The number of oxime groups is 1. The molecular formula is C24H37N3O7. The lowest BCUT2D eigenvalue weighted by atomic mass is 10.0. The number of benzene rings is 1. The molecule has 0 bridgehead atoms. The smallest absolute Gasteiger partial charge is 0.413 e. The zero-order chi connectivity index (χ0) is 26.3. The largest absolute Gasteiger partial charge is 0.458 e. The molecular weight excluding hydrogens is 442 g/mol. The molecule has 10 nitrogen and oxygen atoms in total. The van der Waals surface area contributed by atoms with Crippen molar-refractivity contribution >= 4 is 24.0 Å². The van der Waals surface area contributed by atoms with E-state index in [1.165, 1.54) is 0 Å². The van der Waals surface area contributed by atoms with Gasteiger partial charge in [-0.3, -0.25) is 5.32 Å². The number of rotatable bonds is 5. The summed E-state index contributed by atoms with van der Waals surface area (Å²) in [5.74, 6) is -0.706. The quantitative estimate of drug-likeness (QED) is 0.144. The van der Waals surface area contributed by atoms with Crippen LogP contribution in [0.25, 0.3) is 0 Å². The van der Waals surface area contributed by atoms with Crippen LogP contribution in [0.4, 0.5) is 9.59 Å². The van der Waals surface area contributed by atoms with Crippen LogP contribution in [0.3, 0.4) is 0 Å². The third kappa shape index (κ3) is 11.5. The number of nitrogens with one attached hydrogen (secondary N) is 2.